The van der Waals surface area contributed by atoms with Gasteiger partial charge in [-0.05, 0) is 23.3 Å². The van der Waals surface area contributed by atoms with E-state index in [1.54, 1.807) is 0 Å². The number of carbonyl (C=O) groups excluding carboxylic acids is 1. The number of benzene rings is 2. The van der Waals surface area contributed by atoms with Crippen molar-refractivity contribution in [1.82, 2.24) is 5.06 Å². The maximum absolute atomic E-state index is 12.3. The summed E-state index contributed by atoms with van der Waals surface area (Å²) in [5.41, 5.74) is 0.713. The van der Waals surface area contributed by atoms with Gasteiger partial charge in [0.1, 0.15) is 0 Å². The average Bonchev–Trinajstić information content (AvgIpc) is 2.91. The van der Waals surface area contributed by atoms with Gasteiger partial charge >= 0.3 is 0 Å². The molecule has 3 rings (SSSR count). The maximum atomic E-state index is 12.3. The lowest BCUT2D eigenvalue weighted by atomic mass is 10.0. The molecular weight excluding hydrogens is 214 g/mol. The van der Waals surface area contributed by atoms with Crippen molar-refractivity contribution in [3.05, 3.63) is 48.0 Å². The number of nitrogens with zero attached hydrogens (tertiary/aromatic N) is 1. The summed E-state index contributed by atoms with van der Waals surface area (Å²) >= 11 is 0. The van der Waals surface area contributed by atoms with Crippen LogP contribution in [0, 0.1) is 0 Å². The van der Waals surface area contributed by atoms with E-state index in [4.69, 9.17) is 4.84 Å². The molecule has 0 bridgehead atoms. The monoisotopic (exact) mass is 227 g/mol. The summed E-state index contributed by atoms with van der Waals surface area (Å²) in [6.45, 7) is 1.32. The fraction of sp³-hybridized carbons (Fsp3) is 0.214. The van der Waals surface area contributed by atoms with Crippen LogP contribution in [0.1, 0.15) is 16.8 Å². The van der Waals surface area contributed by atoms with Crippen molar-refractivity contribution in [2.75, 3.05) is 13.2 Å². The molecule has 1 saturated heterocycles. The molecule has 0 unspecified atom stereocenters. The Labute approximate surface area is 99.6 Å². The molecule has 1 heterocycles. The van der Waals surface area contributed by atoms with Crippen molar-refractivity contribution >= 4 is 16.7 Å². The highest BCUT2D eigenvalue weighted by molar-refractivity contribution is 6.06. The summed E-state index contributed by atoms with van der Waals surface area (Å²) in [6.07, 6.45) is 0.913. The molecule has 1 amide bonds. The van der Waals surface area contributed by atoms with Crippen molar-refractivity contribution in [1.29, 1.82) is 0 Å². The Bertz CT molecular complexity index is 554. The molecule has 0 spiro atoms. The smallest absolute Gasteiger partial charge is 0.271 e. The molecular formula is C14H13NO2. The van der Waals surface area contributed by atoms with Gasteiger partial charge in [-0.1, -0.05) is 36.4 Å². The van der Waals surface area contributed by atoms with Crippen molar-refractivity contribution in [3.63, 3.8) is 0 Å². The fourth-order valence-electron chi connectivity index (χ4n) is 2.15. The highest BCUT2D eigenvalue weighted by Crippen LogP contribution is 2.21. The predicted octanol–water partition coefficient (Wildman–Crippen LogP) is 2.62. The molecule has 3 nitrogen and oxygen atoms in total. The van der Waals surface area contributed by atoms with Crippen LogP contribution in [0.3, 0.4) is 0 Å². The first-order valence-electron chi connectivity index (χ1n) is 5.79. The quantitative estimate of drug-likeness (QED) is 0.749. The number of hydrogen-bond donors (Lipinski definition) is 0. The van der Waals surface area contributed by atoms with Crippen LogP contribution in [0.25, 0.3) is 10.8 Å². The third-order valence-corrected chi connectivity index (χ3v) is 3.00. The number of amides is 1. The molecule has 2 aromatic carbocycles. The van der Waals surface area contributed by atoms with E-state index in [1.165, 1.54) is 5.06 Å². The molecule has 86 valence electrons. The number of rotatable bonds is 1. The van der Waals surface area contributed by atoms with Gasteiger partial charge in [-0.3, -0.25) is 9.63 Å². The standard InChI is InChI=1S/C14H13NO2/c16-14(15-9-4-10-17-15)13-8-3-6-11-5-1-2-7-12(11)13/h1-3,5-8H,4,9-10H2. The molecule has 1 aliphatic heterocycles. The van der Waals surface area contributed by atoms with E-state index in [0.29, 0.717) is 18.7 Å². The molecule has 0 radical (unpaired) electrons. The van der Waals surface area contributed by atoms with Gasteiger partial charge in [0.25, 0.3) is 5.91 Å². The molecule has 17 heavy (non-hydrogen) atoms. The first-order valence-corrected chi connectivity index (χ1v) is 5.79. The van der Waals surface area contributed by atoms with Crippen LogP contribution in [-0.4, -0.2) is 24.1 Å². The lowest BCUT2D eigenvalue weighted by molar-refractivity contribution is -0.0767. The zero-order valence-electron chi connectivity index (χ0n) is 9.43. The third kappa shape index (κ3) is 1.78. The largest absolute Gasteiger partial charge is 0.278 e. The summed E-state index contributed by atoms with van der Waals surface area (Å²) in [5, 5.41) is 3.52. The minimum Gasteiger partial charge on any atom is -0.271 e. The van der Waals surface area contributed by atoms with E-state index in [2.05, 4.69) is 0 Å². The lowest BCUT2D eigenvalue weighted by Gasteiger charge is -2.15. The number of hydrogen-bond acceptors (Lipinski definition) is 2. The van der Waals surface area contributed by atoms with Crippen LogP contribution < -0.4 is 0 Å². The summed E-state index contributed by atoms with van der Waals surface area (Å²) in [6, 6.07) is 13.7. The molecule has 1 aliphatic rings. The van der Waals surface area contributed by atoms with Gasteiger partial charge in [0.05, 0.1) is 13.2 Å². The Hall–Kier alpha value is -1.87. The number of hydroxylamine groups is 2. The summed E-state index contributed by atoms with van der Waals surface area (Å²) in [5.74, 6) is -0.0423. The molecule has 0 N–H and O–H groups in total. The van der Waals surface area contributed by atoms with Gasteiger partial charge in [0.2, 0.25) is 0 Å². The summed E-state index contributed by atoms with van der Waals surface area (Å²) in [7, 11) is 0. The summed E-state index contributed by atoms with van der Waals surface area (Å²) in [4.78, 5) is 17.6. The molecule has 1 fully saturated rings. The minimum absolute atomic E-state index is 0.0423. The van der Waals surface area contributed by atoms with Crippen molar-refractivity contribution in [3.8, 4) is 0 Å². The Morgan fingerprint density at radius 2 is 1.94 bits per heavy atom. The van der Waals surface area contributed by atoms with Crippen LogP contribution in [0.5, 0.6) is 0 Å². The predicted molar refractivity (Wildman–Crippen MR) is 65.6 cm³/mol. The van der Waals surface area contributed by atoms with E-state index >= 15 is 0 Å². The Balaban J connectivity index is 2.07. The van der Waals surface area contributed by atoms with Gasteiger partial charge < -0.3 is 0 Å². The van der Waals surface area contributed by atoms with Crippen LogP contribution in [0.15, 0.2) is 42.5 Å². The third-order valence-electron chi connectivity index (χ3n) is 3.00. The van der Waals surface area contributed by atoms with E-state index in [-0.39, 0.29) is 5.91 Å². The zero-order valence-corrected chi connectivity index (χ0v) is 9.43. The molecule has 0 atom stereocenters. The zero-order chi connectivity index (χ0) is 11.7. The minimum atomic E-state index is -0.0423. The molecule has 0 aromatic heterocycles. The van der Waals surface area contributed by atoms with Crippen LogP contribution >= 0.6 is 0 Å². The second kappa shape index (κ2) is 4.18. The molecule has 0 saturated carbocycles. The highest BCUT2D eigenvalue weighted by atomic mass is 16.7. The molecule has 0 aliphatic carbocycles. The van der Waals surface area contributed by atoms with Gasteiger partial charge in [-0.2, -0.15) is 0 Å². The maximum Gasteiger partial charge on any atom is 0.278 e. The first-order chi connectivity index (χ1) is 8.36. The van der Waals surface area contributed by atoms with Gasteiger partial charge in [-0.25, -0.2) is 5.06 Å². The van der Waals surface area contributed by atoms with E-state index in [1.807, 2.05) is 42.5 Å². The Morgan fingerprint density at radius 3 is 2.76 bits per heavy atom. The van der Waals surface area contributed by atoms with Crippen molar-refractivity contribution in [2.45, 2.75) is 6.42 Å². The van der Waals surface area contributed by atoms with Crippen molar-refractivity contribution < 1.29 is 9.63 Å². The SMILES string of the molecule is O=C(c1cccc2ccccc12)N1CCCO1. The Kier molecular flexibility index (Phi) is 2.53. The van der Waals surface area contributed by atoms with E-state index in [9.17, 15) is 4.79 Å². The highest BCUT2D eigenvalue weighted by Gasteiger charge is 2.22. The number of fused-ring (bicyclic) bond motifs is 1. The van der Waals surface area contributed by atoms with E-state index in [0.717, 1.165) is 17.2 Å². The Morgan fingerprint density at radius 1 is 1.12 bits per heavy atom. The first kappa shape index (κ1) is 10.3. The molecule has 3 heteroatoms. The second-order valence-electron chi connectivity index (χ2n) is 4.12. The van der Waals surface area contributed by atoms with Crippen molar-refractivity contribution in [2.24, 2.45) is 0 Å². The average molecular weight is 227 g/mol. The van der Waals surface area contributed by atoms with Gasteiger partial charge in [0.15, 0.2) is 0 Å². The normalized spacial score (nSPS) is 15.4. The van der Waals surface area contributed by atoms with Crippen LogP contribution in [0.4, 0.5) is 0 Å². The van der Waals surface area contributed by atoms with E-state index < -0.39 is 0 Å². The molecule has 2 aromatic rings. The van der Waals surface area contributed by atoms with Gasteiger partial charge in [0, 0.05) is 5.56 Å². The topological polar surface area (TPSA) is 29.5 Å². The lowest BCUT2D eigenvalue weighted by Crippen LogP contribution is -2.26. The summed E-state index contributed by atoms with van der Waals surface area (Å²) < 4.78 is 0. The van der Waals surface area contributed by atoms with Crippen LogP contribution in [0.2, 0.25) is 0 Å². The van der Waals surface area contributed by atoms with Gasteiger partial charge in [-0.15, -0.1) is 0 Å². The fourth-order valence-corrected chi connectivity index (χ4v) is 2.15. The number of carbonyl (C=O) groups is 1. The second-order valence-corrected chi connectivity index (χ2v) is 4.12. The van der Waals surface area contributed by atoms with Crippen LogP contribution in [-0.2, 0) is 4.84 Å².